The average Bonchev–Trinajstić information content (AvgIpc) is 2.86. The SMILES string of the molecule is CCc1c(C(=O)NC2CCCOC2)[nH]c2ccc(F)cc12. The number of nitrogens with one attached hydrogen (secondary N) is 2. The van der Waals surface area contributed by atoms with E-state index in [0.29, 0.717) is 18.7 Å². The molecule has 4 nitrogen and oxygen atoms in total. The van der Waals surface area contributed by atoms with Crippen LogP contribution in [0.2, 0.25) is 0 Å². The van der Waals surface area contributed by atoms with E-state index < -0.39 is 0 Å². The molecule has 1 fully saturated rings. The molecule has 1 amide bonds. The highest BCUT2D eigenvalue weighted by molar-refractivity contribution is 6.01. The summed E-state index contributed by atoms with van der Waals surface area (Å²) in [5, 5.41) is 3.78. The van der Waals surface area contributed by atoms with Crippen LogP contribution in [-0.2, 0) is 11.2 Å². The highest BCUT2D eigenvalue weighted by atomic mass is 19.1. The fourth-order valence-electron chi connectivity index (χ4n) is 2.89. The highest BCUT2D eigenvalue weighted by Gasteiger charge is 2.21. The minimum absolute atomic E-state index is 0.0547. The molecule has 5 heteroatoms. The third kappa shape index (κ3) is 2.78. The van der Waals surface area contributed by atoms with Crippen LogP contribution in [-0.4, -0.2) is 30.1 Å². The Hall–Kier alpha value is -1.88. The van der Waals surface area contributed by atoms with E-state index in [9.17, 15) is 9.18 Å². The average molecular weight is 290 g/mol. The predicted octanol–water partition coefficient (Wildman–Crippen LogP) is 2.78. The number of halogens is 1. The van der Waals surface area contributed by atoms with E-state index in [2.05, 4.69) is 10.3 Å². The van der Waals surface area contributed by atoms with Crippen molar-refractivity contribution in [3.8, 4) is 0 Å². The lowest BCUT2D eigenvalue weighted by Gasteiger charge is -2.23. The number of aromatic amines is 1. The Morgan fingerprint density at radius 2 is 2.38 bits per heavy atom. The second kappa shape index (κ2) is 5.85. The number of aromatic nitrogens is 1. The molecule has 0 spiro atoms. The Bertz CT molecular complexity index is 660. The van der Waals surface area contributed by atoms with Gasteiger partial charge in [0.2, 0.25) is 0 Å². The van der Waals surface area contributed by atoms with Gasteiger partial charge in [-0.1, -0.05) is 6.92 Å². The van der Waals surface area contributed by atoms with Crippen LogP contribution >= 0.6 is 0 Å². The predicted molar refractivity (Wildman–Crippen MR) is 78.9 cm³/mol. The van der Waals surface area contributed by atoms with Gasteiger partial charge in [0.25, 0.3) is 5.91 Å². The fourth-order valence-corrected chi connectivity index (χ4v) is 2.89. The Morgan fingerprint density at radius 1 is 1.52 bits per heavy atom. The Labute approximate surface area is 122 Å². The molecule has 3 rings (SSSR count). The van der Waals surface area contributed by atoms with Crippen LogP contribution in [0.1, 0.15) is 35.8 Å². The van der Waals surface area contributed by atoms with Crippen LogP contribution in [0.5, 0.6) is 0 Å². The van der Waals surface area contributed by atoms with Crippen molar-refractivity contribution in [2.75, 3.05) is 13.2 Å². The summed E-state index contributed by atoms with van der Waals surface area (Å²) < 4.78 is 18.8. The van der Waals surface area contributed by atoms with Gasteiger partial charge in [-0.2, -0.15) is 0 Å². The van der Waals surface area contributed by atoms with Crippen molar-refractivity contribution in [1.82, 2.24) is 10.3 Å². The summed E-state index contributed by atoms with van der Waals surface area (Å²) >= 11 is 0. The lowest BCUT2D eigenvalue weighted by Crippen LogP contribution is -2.41. The molecule has 1 aliphatic heterocycles. The second-order valence-electron chi connectivity index (χ2n) is 5.41. The molecule has 1 aromatic heterocycles. The minimum Gasteiger partial charge on any atom is -0.379 e. The number of benzene rings is 1. The molecule has 2 heterocycles. The van der Waals surface area contributed by atoms with Gasteiger partial charge in [0.15, 0.2) is 0 Å². The van der Waals surface area contributed by atoms with Crippen LogP contribution in [0.15, 0.2) is 18.2 Å². The van der Waals surface area contributed by atoms with Gasteiger partial charge in [0.05, 0.1) is 12.6 Å². The van der Waals surface area contributed by atoms with Crippen LogP contribution in [0, 0.1) is 5.82 Å². The van der Waals surface area contributed by atoms with Crippen molar-refractivity contribution in [3.05, 3.63) is 35.3 Å². The zero-order chi connectivity index (χ0) is 14.8. The molecule has 1 unspecified atom stereocenters. The van der Waals surface area contributed by atoms with Crippen molar-refractivity contribution in [1.29, 1.82) is 0 Å². The van der Waals surface area contributed by atoms with Crippen molar-refractivity contribution in [3.63, 3.8) is 0 Å². The number of fused-ring (bicyclic) bond motifs is 1. The van der Waals surface area contributed by atoms with Gasteiger partial charge in [0, 0.05) is 17.5 Å². The van der Waals surface area contributed by atoms with Gasteiger partial charge >= 0.3 is 0 Å². The molecule has 0 saturated carbocycles. The highest BCUT2D eigenvalue weighted by Crippen LogP contribution is 2.24. The molecule has 2 aromatic rings. The Morgan fingerprint density at radius 3 is 3.10 bits per heavy atom. The summed E-state index contributed by atoms with van der Waals surface area (Å²) in [6, 6.07) is 4.60. The largest absolute Gasteiger partial charge is 0.379 e. The number of ether oxygens (including phenoxy) is 1. The maximum absolute atomic E-state index is 13.4. The van der Waals surface area contributed by atoms with Crippen molar-refractivity contribution in [2.45, 2.75) is 32.2 Å². The third-order valence-corrected chi connectivity index (χ3v) is 3.94. The third-order valence-electron chi connectivity index (χ3n) is 3.94. The smallest absolute Gasteiger partial charge is 0.268 e. The van der Waals surface area contributed by atoms with Crippen LogP contribution in [0.3, 0.4) is 0 Å². The molecule has 1 aliphatic rings. The first-order valence-corrected chi connectivity index (χ1v) is 7.37. The first-order chi connectivity index (χ1) is 10.2. The maximum Gasteiger partial charge on any atom is 0.268 e. The van der Waals surface area contributed by atoms with E-state index >= 15 is 0 Å². The van der Waals surface area contributed by atoms with Gasteiger partial charge in [-0.05, 0) is 43.0 Å². The van der Waals surface area contributed by atoms with E-state index in [1.165, 1.54) is 12.1 Å². The van der Waals surface area contributed by atoms with E-state index in [0.717, 1.165) is 35.9 Å². The molecule has 2 N–H and O–H groups in total. The van der Waals surface area contributed by atoms with Gasteiger partial charge < -0.3 is 15.0 Å². The maximum atomic E-state index is 13.4. The molecule has 1 saturated heterocycles. The van der Waals surface area contributed by atoms with Crippen LogP contribution in [0.4, 0.5) is 4.39 Å². The molecule has 112 valence electrons. The number of hydrogen-bond donors (Lipinski definition) is 2. The number of aryl methyl sites for hydroxylation is 1. The number of amides is 1. The molecule has 0 bridgehead atoms. The molecule has 1 atom stereocenters. The Kier molecular flexibility index (Phi) is 3.92. The van der Waals surface area contributed by atoms with Gasteiger partial charge in [-0.15, -0.1) is 0 Å². The van der Waals surface area contributed by atoms with E-state index in [1.54, 1.807) is 6.07 Å². The van der Waals surface area contributed by atoms with E-state index in [-0.39, 0.29) is 17.8 Å². The first-order valence-electron chi connectivity index (χ1n) is 7.37. The molecule has 1 aromatic carbocycles. The summed E-state index contributed by atoms with van der Waals surface area (Å²) in [4.78, 5) is 15.6. The summed E-state index contributed by atoms with van der Waals surface area (Å²) in [5.74, 6) is -0.428. The van der Waals surface area contributed by atoms with Crippen molar-refractivity contribution >= 4 is 16.8 Å². The number of H-pyrrole nitrogens is 1. The fraction of sp³-hybridized carbons (Fsp3) is 0.438. The van der Waals surface area contributed by atoms with Crippen LogP contribution < -0.4 is 5.32 Å². The minimum atomic E-state index is -0.288. The summed E-state index contributed by atoms with van der Waals surface area (Å²) in [7, 11) is 0. The standard InChI is InChI=1S/C16H19FN2O2/c1-2-12-13-8-10(17)5-6-14(13)19-15(12)16(20)18-11-4-3-7-21-9-11/h5-6,8,11,19H,2-4,7,9H2,1H3,(H,18,20). The summed E-state index contributed by atoms with van der Waals surface area (Å²) in [5.41, 5.74) is 2.18. The summed E-state index contributed by atoms with van der Waals surface area (Å²) in [6.45, 7) is 3.29. The molecule has 0 radical (unpaired) electrons. The van der Waals surface area contributed by atoms with E-state index in [4.69, 9.17) is 4.74 Å². The number of hydrogen-bond acceptors (Lipinski definition) is 2. The first kappa shape index (κ1) is 14.1. The molecule has 0 aliphatic carbocycles. The zero-order valence-corrected chi connectivity index (χ0v) is 12.0. The van der Waals surface area contributed by atoms with Crippen molar-refractivity contribution < 1.29 is 13.9 Å². The lowest BCUT2D eigenvalue weighted by atomic mass is 10.1. The number of carbonyl (C=O) groups excluding carboxylic acids is 1. The monoisotopic (exact) mass is 290 g/mol. The molecular formula is C16H19FN2O2. The summed E-state index contributed by atoms with van der Waals surface area (Å²) in [6.07, 6.45) is 2.57. The second-order valence-corrected chi connectivity index (χ2v) is 5.41. The van der Waals surface area contributed by atoms with Crippen molar-refractivity contribution in [2.24, 2.45) is 0 Å². The topological polar surface area (TPSA) is 54.1 Å². The quantitative estimate of drug-likeness (QED) is 0.913. The molecular weight excluding hydrogens is 271 g/mol. The van der Waals surface area contributed by atoms with Gasteiger partial charge in [-0.3, -0.25) is 4.79 Å². The number of rotatable bonds is 3. The van der Waals surface area contributed by atoms with Gasteiger partial charge in [-0.25, -0.2) is 4.39 Å². The molecule has 21 heavy (non-hydrogen) atoms. The number of carbonyl (C=O) groups is 1. The normalized spacial score (nSPS) is 18.9. The van der Waals surface area contributed by atoms with E-state index in [1.807, 2.05) is 6.92 Å². The lowest BCUT2D eigenvalue weighted by molar-refractivity contribution is 0.0622. The zero-order valence-electron chi connectivity index (χ0n) is 12.0. The van der Waals surface area contributed by atoms with Crippen LogP contribution in [0.25, 0.3) is 10.9 Å². The Balaban J connectivity index is 1.89. The van der Waals surface area contributed by atoms with Gasteiger partial charge in [0.1, 0.15) is 11.5 Å².